The minimum atomic E-state index is -0.935. The third-order valence-electron chi connectivity index (χ3n) is 1.62. The molecule has 12 heteroatoms. The van der Waals surface area contributed by atoms with Gasteiger partial charge in [-0.15, -0.1) is 0 Å². The highest BCUT2D eigenvalue weighted by atomic mass is 16.7. The van der Waals surface area contributed by atoms with Gasteiger partial charge in [0.15, 0.2) is 0 Å². The van der Waals surface area contributed by atoms with E-state index in [4.69, 9.17) is 20.4 Å². The largest absolute Gasteiger partial charge is 0.478 e. The first-order valence-electron chi connectivity index (χ1n) is 6.69. The quantitative estimate of drug-likeness (QED) is 0.237. The predicted octanol–water partition coefficient (Wildman–Crippen LogP) is -1.13. The summed E-state index contributed by atoms with van der Waals surface area (Å²) >= 11 is 0. The van der Waals surface area contributed by atoms with Crippen LogP contribution in [0, 0.1) is 0 Å². The van der Waals surface area contributed by atoms with Gasteiger partial charge < -0.3 is 30.1 Å². The van der Waals surface area contributed by atoms with Crippen LogP contribution in [0.5, 0.6) is 0 Å². The summed E-state index contributed by atoms with van der Waals surface area (Å²) in [4.78, 5) is 46.4. The van der Waals surface area contributed by atoms with Gasteiger partial charge >= 0.3 is 23.9 Å². The van der Waals surface area contributed by atoms with Gasteiger partial charge in [0.05, 0.1) is 26.1 Å². The van der Waals surface area contributed by atoms with Crippen LogP contribution in [0.1, 0.15) is 26.7 Å². The first kappa shape index (κ1) is 31.0. The number of carbonyl (C=O) groups excluding carboxylic acids is 2. The summed E-state index contributed by atoms with van der Waals surface area (Å²) in [6.45, 7) is 8.78. The monoisotopic (exact) mass is 382 g/mol. The van der Waals surface area contributed by atoms with E-state index in [0.717, 1.165) is 0 Å². The Hall–Kier alpha value is -2.80. The molecule has 0 radical (unpaired) electrons. The normalized spacial score (nSPS) is 7.92. The molecule has 0 aliphatic carbocycles. The van der Waals surface area contributed by atoms with Gasteiger partial charge in [0, 0.05) is 11.1 Å². The molecule has 8 N–H and O–H groups in total. The van der Waals surface area contributed by atoms with Crippen molar-refractivity contribution >= 4 is 23.9 Å². The molecule has 0 atom stereocenters. The topological polar surface area (TPSA) is 220 Å². The van der Waals surface area contributed by atoms with E-state index in [2.05, 4.69) is 34.6 Å². The maximum atomic E-state index is 9.90. The Morgan fingerprint density at radius 3 is 1.00 bits per heavy atom. The summed E-state index contributed by atoms with van der Waals surface area (Å²) in [5.41, 5.74) is 0.352. The third kappa shape index (κ3) is 37.4. The Morgan fingerprint density at radius 1 is 0.769 bits per heavy atom. The van der Waals surface area contributed by atoms with Gasteiger partial charge in [0.1, 0.15) is 0 Å². The van der Waals surface area contributed by atoms with Crippen LogP contribution in [0.4, 0.5) is 0 Å². The molecule has 0 saturated carbocycles. The summed E-state index contributed by atoms with van der Waals surface area (Å²) in [7, 11) is 0. The lowest BCUT2D eigenvalue weighted by Gasteiger charge is -1.89. The molecule has 0 bridgehead atoms. The van der Waals surface area contributed by atoms with Crippen molar-refractivity contribution in [2.45, 2.75) is 26.7 Å². The molecule has 0 saturated heterocycles. The molecule has 26 heavy (non-hydrogen) atoms. The molecular weight excluding hydrogens is 356 g/mol. The van der Waals surface area contributed by atoms with E-state index in [1.165, 1.54) is 13.8 Å². The van der Waals surface area contributed by atoms with Crippen LogP contribution in [0.3, 0.4) is 0 Å². The van der Waals surface area contributed by atoms with Gasteiger partial charge in [-0.1, -0.05) is 13.2 Å². The van der Waals surface area contributed by atoms with E-state index in [0.29, 0.717) is 0 Å². The third-order valence-corrected chi connectivity index (χ3v) is 1.62. The van der Waals surface area contributed by atoms with Gasteiger partial charge in [0.2, 0.25) is 0 Å². The number of hydrogen-bond donors (Lipinski definition) is 6. The second kappa shape index (κ2) is 22.2. The number of aliphatic carboxylic acids is 2. The number of hydrogen-bond acceptors (Lipinski definition) is 10. The van der Waals surface area contributed by atoms with Gasteiger partial charge in [-0.05, 0) is 13.8 Å². The maximum Gasteiger partial charge on any atom is 0.330 e. The molecule has 0 aliphatic rings. The van der Waals surface area contributed by atoms with Crippen LogP contribution in [0.15, 0.2) is 24.3 Å². The molecule has 0 unspecified atom stereocenters. The van der Waals surface area contributed by atoms with E-state index in [1.807, 2.05) is 0 Å². The highest BCUT2D eigenvalue weighted by Crippen LogP contribution is 1.81. The summed E-state index contributed by atoms with van der Waals surface area (Å²) in [6.07, 6.45) is -0.0625. The van der Waals surface area contributed by atoms with Crippen molar-refractivity contribution in [3.05, 3.63) is 24.3 Å². The zero-order valence-electron chi connectivity index (χ0n) is 14.6. The van der Waals surface area contributed by atoms with Crippen molar-refractivity contribution in [1.82, 2.24) is 0 Å². The Morgan fingerprint density at radius 2 is 0.962 bits per heavy atom. The van der Waals surface area contributed by atoms with Crippen LogP contribution >= 0.6 is 0 Å². The van der Waals surface area contributed by atoms with E-state index < -0.39 is 23.9 Å². The van der Waals surface area contributed by atoms with E-state index in [-0.39, 0.29) is 37.2 Å². The molecule has 0 amide bonds. The van der Waals surface area contributed by atoms with Crippen molar-refractivity contribution in [3.63, 3.8) is 0 Å². The number of carboxylic acids is 2. The van der Waals surface area contributed by atoms with Crippen molar-refractivity contribution in [3.8, 4) is 0 Å². The van der Waals surface area contributed by atoms with Crippen molar-refractivity contribution < 1.29 is 49.3 Å². The molecule has 0 fully saturated rings. The fourth-order valence-electron chi connectivity index (χ4n) is 0.300. The van der Waals surface area contributed by atoms with Crippen molar-refractivity contribution in [1.29, 1.82) is 0 Å². The summed E-state index contributed by atoms with van der Waals surface area (Å²) in [6, 6.07) is 0. The molecule has 0 spiro atoms. The van der Waals surface area contributed by atoms with Crippen LogP contribution in [0.2, 0.25) is 0 Å². The lowest BCUT2D eigenvalue weighted by atomic mass is 10.4. The number of carboxylic acid groups (broad SMARTS) is 2. The first-order chi connectivity index (χ1) is 11.9. The molecule has 0 rings (SSSR count). The van der Waals surface area contributed by atoms with Gasteiger partial charge in [0.25, 0.3) is 0 Å². The smallest absolute Gasteiger partial charge is 0.330 e. The van der Waals surface area contributed by atoms with Gasteiger partial charge in [-0.3, -0.25) is 9.59 Å². The van der Waals surface area contributed by atoms with E-state index >= 15 is 0 Å². The molecule has 0 aromatic carbocycles. The van der Waals surface area contributed by atoms with Crippen molar-refractivity contribution in [2.75, 3.05) is 13.2 Å². The van der Waals surface area contributed by atoms with Crippen LogP contribution < -0.4 is 11.8 Å². The summed E-state index contributed by atoms with van der Waals surface area (Å²) in [5.74, 6) is 5.73. The van der Waals surface area contributed by atoms with Crippen LogP contribution in [-0.2, 0) is 28.9 Å². The molecule has 152 valence electrons. The fourth-order valence-corrected chi connectivity index (χ4v) is 0.300. The Bertz CT molecular complexity index is 397. The lowest BCUT2D eigenvalue weighted by Crippen LogP contribution is -2.10. The van der Waals surface area contributed by atoms with Gasteiger partial charge in [-0.25, -0.2) is 9.59 Å². The fraction of sp³-hybridized carbons (Fsp3) is 0.429. The number of nitrogens with two attached hydrogens (primary N) is 2. The predicted molar refractivity (Wildman–Crippen MR) is 88.9 cm³/mol. The average molecular weight is 382 g/mol. The molecule has 0 aromatic heterocycles. The maximum absolute atomic E-state index is 9.90. The van der Waals surface area contributed by atoms with Crippen LogP contribution in [-0.4, -0.2) is 57.5 Å². The number of carbonyl (C=O) groups is 4. The zero-order chi connectivity index (χ0) is 21.7. The first-order valence-corrected chi connectivity index (χ1v) is 6.69. The molecular formula is C14H26N2O10. The molecule has 0 heterocycles. The standard InChI is InChI=1S/2C4H6O2.2C3H7NO3/c2*1-3(2)4(5)6;2*4-7-3(6)1-2-5/h2*1H2,2H3,(H,5,6);2*5H,1-2,4H2. The zero-order valence-corrected chi connectivity index (χ0v) is 14.6. The minimum absolute atomic E-state index is 0.0312. The Balaban J connectivity index is -0.000000124. The van der Waals surface area contributed by atoms with E-state index in [1.54, 1.807) is 0 Å². The SMILES string of the molecule is C=C(C)C(=O)O.C=C(C)C(=O)O.NOC(=O)CCO.NOC(=O)CCO. The molecule has 12 nitrogen and oxygen atoms in total. The lowest BCUT2D eigenvalue weighted by molar-refractivity contribution is -0.145. The van der Waals surface area contributed by atoms with Crippen LogP contribution in [0.25, 0.3) is 0 Å². The Labute approximate surface area is 150 Å². The Kier molecular flexibility index (Phi) is 26.5. The average Bonchev–Trinajstić information content (AvgIpc) is 2.56. The molecule has 0 aromatic rings. The second-order valence-electron chi connectivity index (χ2n) is 4.10. The van der Waals surface area contributed by atoms with Crippen molar-refractivity contribution in [2.24, 2.45) is 11.8 Å². The second-order valence-corrected chi connectivity index (χ2v) is 4.10. The number of aliphatic hydroxyl groups excluding tert-OH is 2. The summed E-state index contributed by atoms with van der Waals surface area (Å²) < 4.78 is 0. The minimum Gasteiger partial charge on any atom is -0.478 e. The molecule has 0 aliphatic heterocycles. The highest BCUT2D eigenvalue weighted by molar-refractivity contribution is 5.85. The van der Waals surface area contributed by atoms with E-state index in [9.17, 15) is 19.2 Å². The number of aliphatic hydroxyl groups is 2. The number of rotatable bonds is 6. The van der Waals surface area contributed by atoms with Gasteiger partial charge in [-0.2, -0.15) is 11.8 Å². The highest BCUT2D eigenvalue weighted by Gasteiger charge is 1.95. The summed E-state index contributed by atoms with van der Waals surface area (Å²) in [5, 5.41) is 31.8.